The van der Waals surface area contributed by atoms with Gasteiger partial charge in [0.25, 0.3) is 10.1 Å². The minimum atomic E-state index is -3.90. The minimum Gasteiger partial charge on any atom is -0.478 e. The Balaban J connectivity index is 3.41. The fraction of sp³-hybridized carbons (Fsp3) is 0.500. The molecule has 2 atom stereocenters. The van der Waals surface area contributed by atoms with Gasteiger partial charge in [0.1, 0.15) is 11.5 Å². The fourth-order valence-corrected chi connectivity index (χ4v) is 3.18. The molecule has 0 aromatic carbocycles. The van der Waals surface area contributed by atoms with Crippen LogP contribution in [0.25, 0.3) is 0 Å². The molecule has 112 valence electrons. The highest BCUT2D eigenvalue weighted by atomic mass is 32.2. The molecule has 0 aliphatic heterocycles. The molecule has 0 bridgehead atoms. The first-order valence-corrected chi connectivity index (χ1v) is 7.77. The number of nitrogens with two attached hydrogens (primary N) is 1. The molecule has 0 aromatic heterocycles. The van der Waals surface area contributed by atoms with Gasteiger partial charge in [-0.1, -0.05) is 31.6 Å². The average molecular weight is 303 g/mol. The lowest BCUT2D eigenvalue weighted by Crippen LogP contribution is -2.50. The van der Waals surface area contributed by atoms with E-state index >= 15 is 0 Å². The maximum absolute atomic E-state index is 11.7. The Hall–Kier alpha value is -1.67. The zero-order chi connectivity index (χ0) is 15.6. The van der Waals surface area contributed by atoms with Gasteiger partial charge >= 0.3 is 5.97 Å². The van der Waals surface area contributed by atoms with Crippen LogP contribution in [0.5, 0.6) is 0 Å². The first kappa shape index (κ1) is 16.4. The van der Waals surface area contributed by atoms with Crippen LogP contribution in [0.3, 0.4) is 0 Å². The summed E-state index contributed by atoms with van der Waals surface area (Å²) in [6, 6.07) is 0. The molecular weight excluding hydrogens is 286 g/mol. The van der Waals surface area contributed by atoms with Crippen molar-refractivity contribution < 1.29 is 27.3 Å². The zero-order valence-corrected chi connectivity index (χ0v) is 12.0. The first-order chi connectivity index (χ1) is 9.13. The van der Waals surface area contributed by atoms with Crippen molar-refractivity contribution in [1.29, 1.82) is 0 Å². The molecule has 0 heterocycles. The standard InChI is InChI=1S/C12H17NO6S/c1-3-6-12(19-20(2,17)18)7-4-5-8(11(15)16)9(12)10(13)14/h4-5,7,9H,3,6H2,1-2H3,(H2,13,14)(H,15,16). The van der Waals surface area contributed by atoms with Crippen LogP contribution in [0.1, 0.15) is 19.8 Å². The normalized spacial score (nSPS) is 26.1. The highest BCUT2D eigenvalue weighted by molar-refractivity contribution is 7.86. The van der Waals surface area contributed by atoms with E-state index in [2.05, 4.69) is 0 Å². The van der Waals surface area contributed by atoms with Crippen LogP contribution >= 0.6 is 0 Å². The number of carbonyl (C=O) groups excluding carboxylic acids is 1. The highest BCUT2D eigenvalue weighted by Gasteiger charge is 2.48. The van der Waals surface area contributed by atoms with Gasteiger partial charge in [-0.3, -0.25) is 8.98 Å². The number of carboxylic acid groups (broad SMARTS) is 1. The SMILES string of the molecule is CCCC1(OS(C)(=O)=O)C=CC=C(C(=O)O)C1C(N)=O. The van der Waals surface area contributed by atoms with Crippen LogP contribution < -0.4 is 5.73 Å². The van der Waals surface area contributed by atoms with Gasteiger partial charge < -0.3 is 10.8 Å². The lowest BCUT2D eigenvalue weighted by atomic mass is 9.75. The first-order valence-electron chi connectivity index (χ1n) is 5.95. The molecule has 1 aliphatic carbocycles. The quantitative estimate of drug-likeness (QED) is 0.675. The third-order valence-electron chi connectivity index (χ3n) is 2.93. The minimum absolute atomic E-state index is 0.148. The Bertz CT molecular complexity index is 577. The van der Waals surface area contributed by atoms with Gasteiger partial charge in [-0.25, -0.2) is 4.79 Å². The van der Waals surface area contributed by atoms with Crippen LogP contribution in [-0.2, 0) is 23.9 Å². The molecular formula is C12H17NO6S. The van der Waals surface area contributed by atoms with Crippen molar-refractivity contribution in [2.24, 2.45) is 11.7 Å². The molecule has 8 heteroatoms. The van der Waals surface area contributed by atoms with Crippen LogP contribution in [0.2, 0.25) is 0 Å². The number of amides is 1. The third kappa shape index (κ3) is 3.45. The highest BCUT2D eigenvalue weighted by Crippen LogP contribution is 2.38. The van der Waals surface area contributed by atoms with Crippen molar-refractivity contribution >= 4 is 22.0 Å². The molecule has 0 radical (unpaired) electrons. The maximum atomic E-state index is 11.7. The summed E-state index contributed by atoms with van der Waals surface area (Å²) in [4.78, 5) is 22.9. The van der Waals surface area contributed by atoms with E-state index in [1.165, 1.54) is 18.2 Å². The number of allylic oxidation sites excluding steroid dienone is 2. The number of aliphatic carboxylic acids is 1. The largest absolute Gasteiger partial charge is 0.478 e. The van der Waals surface area contributed by atoms with Crippen LogP contribution in [0.4, 0.5) is 0 Å². The van der Waals surface area contributed by atoms with Crippen molar-refractivity contribution in [2.75, 3.05) is 6.26 Å². The van der Waals surface area contributed by atoms with Gasteiger partial charge in [0, 0.05) is 0 Å². The number of carbonyl (C=O) groups is 2. The van der Waals surface area contributed by atoms with E-state index < -0.39 is 33.5 Å². The number of primary amides is 1. The molecule has 0 aromatic rings. The molecule has 0 fully saturated rings. The molecule has 0 saturated heterocycles. The van der Waals surface area contributed by atoms with E-state index in [1.807, 2.05) is 0 Å². The molecule has 0 spiro atoms. The van der Waals surface area contributed by atoms with Crippen molar-refractivity contribution in [3.8, 4) is 0 Å². The summed E-state index contributed by atoms with van der Waals surface area (Å²) in [5.41, 5.74) is 3.40. The molecule has 7 nitrogen and oxygen atoms in total. The summed E-state index contributed by atoms with van der Waals surface area (Å²) in [6.45, 7) is 1.76. The second kappa shape index (κ2) is 5.76. The van der Waals surface area contributed by atoms with E-state index in [1.54, 1.807) is 6.92 Å². The van der Waals surface area contributed by atoms with Crippen molar-refractivity contribution in [2.45, 2.75) is 25.4 Å². The molecule has 20 heavy (non-hydrogen) atoms. The summed E-state index contributed by atoms with van der Waals surface area (Å²) < 4.78 is 27.9. The molecule has 0 saturated carbocycles. The lowest BCUT2D eigenvalue weighted by Gasteiger charge is -2.37. The van der Waals surface area contributed by atoms with Gasteiger partial charge in [0.15, 0.2) is 0 Å². The van der Waals surface area contributed by atoms with Crippen LogP contribution in [0.15, 0.2) is 23.8 Å². The predicted molar refractivity (Wildman–Crippen MR) is 71.1 cm³/mol. The summed E-state index contributed by atoms with van der Waals surface area (Å²) in [6.07, 6.45) is 5.43. The summed E-state index contributed by atoms with van der Waals surface area (Å²) >= 11 is 0. The zero-order valence-electron chi connectivity index (χ0n) is 11.2. The van der Waals surface area contributed by atoms with E-state index in [0.29, 0.717) is 6.42 Å². The van der Waals surface area contributed by atoms with Crippen molar-refractivity contribution in [3.05, 3.63) is 23.8 Å². The average Bonchev–Trinajstić information content (AvgIpc) is 2.25. The van der Waals surface area contributed by atoms with Gasteiger partial charge in [-0.15, -0.1) is 0 Å². The summed E-state index contributed by atoms with van der Waals surface area (Å²) in [7, 11) is -3.90. The van der Waals surface area contributed by atoms with E-state index in [9.17, 15) is 18.0 Å². The Morgan fingerprint density at radius 2 is 2.10 bits per heavy atom. The Morgan fingerprint density at radius 1 is 1.50 bits per heavy atom. The van der Waals surface area contributed by atoms with Crippen molar-refractivity contribution in [1.82, 2.24) is 0 Å². The van der Waals surface area contributed by atoms with Gasteiger partial charge in [-0.2, -0.15) is 8.42 Å². The smallest absolute Gasteiger partial charge is 0.332 e. The van der Waals surface area contributed by atoms with Crippen LogP contribution in [0, 0.1) is 5.92 Å². The molecule has 3 N–H and O–H groups in total. The predicted octanol–water partition coefficient (Wildman–Crippen LogP) is 0.184. The lowest BCUT2D eigenvalue weighted by molar-refractivity contribution is -0.137. The van der Waals surface area contributed by atoms with Crippen molar-refractivity contribution in [3.63, 3.8) is 0 Å². The number of carboxylic acids is 1. The van der Waals surface area contributed by atoms with E-state index in [4.69, 9.17) is 15.0 Å². The Kier molecular flexibility index (Phi) is 4.72. The third-order valence-corrected chi connectivity index (χ3v) is 3.55. The summed E-state index contributed by atoms with van der Waals surface area (Å²) in [5.74, 6) is -3.64. The number of hydrogen-bond acceptors (Lipinski definition) is 5. The second-order valence-electron chi connectivity index (χ2n) is 4.61. The Labute approximate surface area is 117 Å². The van der Waals surface area contributed by atoms with Gasteiger partial charge in [0.05, 0.1) is 11.8 Å². The maximum Gasteiger partial charge on any atom is 0.332 e. The van der Waals surface area contributed by atoms with E-state index in [0.717, 1.165) is 6.26 Å². The number of hydrogen-bond donors (Lipinski definition) is 2. The topological polar surface area (TPSA) is 124 Å². The van der Waals surface area contributed by atoms with E-state index in [-0.39, 0.29) is 12.0 Å². The number of rotatable bonds is 6. The fourth-order valence-electron chi connectivity index (χ4n) is 2.38. The summed E-state index contributed by atoms with van der Waals surface area (Å²) in [5, 5.41) is 9.14. The van der Waals surface area contributed by atoms with Crippen LogP contribution in [-0.4, -0.2) is 37.3 Å². The van der Waals surface area contributed by atoms with Gasteiger partial charge in [0.2, 0.25) is 5.91 Å². The molecule has 2 unspecified atom stereocenters. The molecule has 1 rings (SSSR count). The molecule has 1 aliphatic rings. The second-order valence-corrected chi connectivity index (χ2v) is 6.19. The monoisotopic (exact) mass is 303 g/mol. The molecule has 1 amide bonds. The van der Waals surface area contributed by atoms with Gasteiger partial charge in [-0.05, 0) is 6.42 Å². The Morgan fingerprint density at radius 3 is 2.50 bits per heavy atom.